The van der Waals surface area contributed by atoms with Crippen LogP contribution in [-0.4, -0.2) is 36.8 Å². The summed E-state index contributed by atoms with van der Waals surface area (Å²) >= 11 is 6.55. The van der Waals surface area contributed by atoms with Gasteiger partial charge in [-0.3, -0.25) is 4.90 Å². The van der Waals surface area contributed by atoms with E-state index in [1.54, 1.807) is 7.11 Å². The average Bonchev–Trinajstić information content (AvgIpc) is 3.21. The number of aromatic nitrogens is 1. The van der Waals surface area contributed by atoms with Crippen molar-refractivity contribution < 1.29 is 14.2 Å². The van der Waals surface area contributed by atoms with E-state index in [0.717, 1.165) is 59.6 Å². The molecular weight excluding hydrogens is 388 g/mol. The molecule has 1 fully saturated rings. The maximum absolute atomic E-state index is 6.55. The number of likely N-dealkylation sites (tertiary alicyclic amines) is 1. The van der Waals surface area contributed by atoms with Gasteiger partial charge in [0.15, 0.2) is 11.5 Å². The molecule has 150 valence electrons. The van der Waals surface area contributed by atoms with Crippen molar-refractivity contribution in [2.45, 2.75) is 25.4 Å². The van der Waals surface area contributed by atoms with Crippen LogP contribution in [0.2, 0.25) is 5.15 Å². The molecule has 1 aromatic heterocycles. The average molecular weight is 411 g/mol. The Labute approximate surface area is 175 Å². The Morgan fingerprint density at radius 3 is 2.83 bits per heavy atom. The van der Waals surface area contributed by atoms with Gasteiger partial charge in [-0.05, 0) is 55.3 Å². The van der Waals surface area contributed by atoms with Gasteiger partial charge in [0, 0.05) is 29.6 Å². The molecule has 1 saturated heterocycles. The summed E-state index contributed by atoms with van der Waals surface area (Å²) in [5, 5.41) is 1.62. The van der Waals surface area contributed by atoms with Gasteiger partial charge in [0.25, 0.3) is 0 Å². The molecule has 0 unspecified atom stereocenters. The van der Waals surface area contributed by atoms with Crippen molar-refractivity contribution in [3.8, 4) is 17.2 Å². The molecular formula is C23H23ClN2O3. The first-order valence-electron chi connectivity index (χ1n) is 9.98. The number of nitrogens with zero attached hydrogens (tertiary/aromatic N) is 2. The molecule has 0 amide bonds. The van der Waals surface area contributed by atoms with Crippen molar-refractivity contribution in [1.29, 1.82) is 0 Å². The lowest BCUT2D eigenvalue weighted by molar-refractivity contribution is 0.170. The summed E-state index contributed by atoms with van der Waals surface area (Å²) in [6.07, 6.45) is 2.28. The fraction of sp³-hybridized carbons (Fsp3) is 0.348. The number of benzene rings is 2. The lowest BCUT2D eigenvalue weighted by Crippen LogP contribution is -2.23. The Morgan fingerprint density at radius 1 is 1.10 bits per heavy atom. The molecule has 5 nitrogen and oxygen atoms in total. The highest BCUT2D eigenvalue weighted by Gasteiger charge is 2.28. The Hall–Kier alpha value is -2.50. The maximum Gasteiger partial charge on any atom is 0.161 e. The predicted molar refractivity (Wildman–Crippen MR) is 113 cm³/mol. The maximum atomic E-state index is 6.55. The van der Waals surface area contributed by atoms with Crippen LogP contribution in [0.4, 0.5) is 0 Å². The van der Waals surface area contributed by atoms with E-state index in [1.807, 2.05) is 24.3 Å². The second kappa shape index (κ2) is 7.73. The van der Waals surface area contributed by atoms with E-state index < -0.39 is 0 Å². The number of halogens is 1. The van der Waals surface area contributed by atoms with Gasteiger partial charge < -0.3 is 14.2 Å². The smallest absolute Gasteiger partial charge is 0.161 e. The van der Waals surface area contributed by atoms with Crippen LogP contribution in [0.3, 0.4) is 0 Å². The molecule has 0 spiro atoms. The number of hydrogen-bond acceptors (Lipinski definition) is 5. The van der Waals surface area contributed by atoms with Crippen LogP contribution in [0, 0.1) is 0 Å². The van der Waals surface area contributed by atoms with E-state index >= 15 is 0 Å². The van der Waals surface area contributed by atoms with Crippen LogP contribution in [0.15, 0.2) is 42.5 Å². The SMILES string of the molecule is COc1ccc2cc(CN3CCC[C@@H]3c3ccc4c(c3)OCCO4)c(Cl)nc2c1. The van der Waals surface area contributed by atoms with Crippen LogP contribution in [0.25, 0.3) is 10.9 Å². The molecule has 0 bridgehead atoms. The summed E-state index contributed by atoms with van der Waals surface area (Å²) in [5.74, 6) is 2.47. The summed E-state index contributed by atoms with van der Waals surface area (Å²) in [6, 6.07) is 14.7. The van der Waals surface area contributed by atoms with Crippen molar-refractivity contribution >= 4 is 22.5 Å². The van der Waals surface area contributed by atoms with Gasteiger partial charge in [0.2, 0.25) is 0 Å². The molecule has 0 aliphatic carbocycles. The van der Waals surface area contributed by atoms with Gasteiger partial charge in [0.05, 0.1) is 12.6 Å². The number of rotatable bonds is 4. The molecule has 3 heterocycles. The fourth-order valence-electron chi connectivity index (χ4n) is 4.28. The van der Waals surface area contributed by atoms with Crippen molar-refractivity contribution in [2.24, 2.45) is 0 Å². The van der Waals surface area contributed by atoms with Gasteiger partial charge in [-0.1, -0.05) is 17.7 Å². The quantitative estimate of drug-likeness (QED) is 0.566. The van der Waals surface area contributed by atoms with Crippen LogP contribution < -0.4 is 14.2 Å². The molecule has 29 heavy (non-hydrogen) atoms. The van der Waals surface area contributed by atoms with Crippen LogP contribution in [0.1, 0.15) is 30.0 Å². The van der Waals surface area contributed by atoms with E-state index in [9.17, 15) is 0 Å². The Kier molecular flexibility index (Phi) is 4.94. The summed E-state index contributed by atoms with van der Waals surface area (Å²) in [5.41, 5.74) is 3.16. The van der Waals surface area contributed by atoms with E-state index in [-0.39, 0.29) is 0 Å². The molecule has 0 N–H and O–H groups in total. The van der Waals surface area contributed by atoms with Gasteiger partial charge in [-0.2, -0.15) is 0 Å². The van der Waals surface area contributed by atoms with E-state index in [1.165, 1.54) is 5.56 Å². The molecule has 2 aliphatic rings. The summed E-state index contributed by atoms with van der Waals surface area (Å²) in [6.45, 7) is 3.03. The monoisotopic (exact) mass is 410 g/mol. The van der Waals surface area contributed by atoms with Crippen LogP contribution in [0.5, 0.6) is 17.2 Å². The molecule has 6 heteroatoms. The minimum Gasteiger partial charge on any atom is -0.497 e. The topological polar surface area (TPSA) is 43.8 Å². The lowest BCUT2D eigenvalue weighted by atomic mass is 10.0. The van der Waals surface area contributed by atoms with Crippen molar-refractivity contribution in [1.82, 2.24) is 9.88 Å². The summed E-state index contributed by atoms with van der Waals surface area (Å²) < 4.78 is 16.7. The van der Waals surface area contributed by atoms with Crippen molar-refractivity contribution in [3.05, 3.63) is 58.7 Å². The van der Waals surface area contributed by atoms with Gasteiger partial charge in [0.1, 0.15) is 24.1 Å². The third kappa shape index (κ3) is 3.61. The molecule has 2 aromatic carbocycles. The van der Waals surface area contributed by atoms with Crippen LogP contribution >= 0.6 is 11.6 Å². The molecule has 0 radical (unpaired) electrons. The minimum atomic E-state index is 0.341. The van der Waals surface area contributed by atoms with Gasteiger partial charge >= 0.3 is 0 Å². The standard InChI is InChI=1S/C23H23ClN2O3/c1-27-18-6-4-15-11-17(23(24)25-19(15)13-18)14-26-8-2-3-20(26)16-5-7-21-22(12-16)29-10-9-28-21/h4-7,11-13,20H,2-3,8-10,14H2,1H3/t20-/m1/s1. The van der Waals surface area contributed by atoms with E-state index in [4.69, 9.17) is 25.8 Å². The normalized spacial score (nSPS) is 18.9. The zero-order valence-electron chi connectivity index (χ0n) is 16.4. The molecule has 1 atom stereocenters. The van der Waals surface area contributed by atoms with Crippen molar-refractivity contribution in [2.75, 3.05) is 26.9 Å². The molecule has 0 saturated carbocycles. The highest BCUT2D eigenvalue weighted by molar-refractivity contribution is 6.30. The van der Waals surface area contributed by atoms with E-state index in [2.05, 4.69) is 28.1 Å². The summed E-state index contributed by atoms with van der Waals surface area (Å²) in [7, 11) is 1.66. The lowest BCUT2D eigenvalue weighted by Gasteiger charge is -2.27. The Bertz CT molecular complexity index is 1060. The largest absolute Gasteiger partial charge is 0.497 e. The second-order valence-corrected chi connectivity index (χ2v) is 7.89. The Morgan fingerprint density at radius 2 is 1.97 bits per heavy atom. The Balaban J connectivity index is 1.41. The third-order valence-electron chi connectivity index (χ3n) is 5.74. The highest BCUT2D eigenvalue weighted by atomic mass is 35.5. The highest BCUT2D eigenvalue weighted by Crippen LogP contribution is 2.39. The molecule has 3 aromatic rings. The van der Waals surface area contributed by atoms with Gasteiger partial charge in [-0.15, -0.1) is 0 Å². The predicted octanol–water partition coefficient (Wildman–Crippen LogP) is 5.01. The zero-order chi connectivity index (χ0) is 19.8. The molecule has 5 rings (SSSR count). The minimum absolute atomic E-state index is 0.341. The number of pyridine rings is 1. The number of methoxy groups -OCH3 is 1. The first-order chi connectivity index (χ1) is 14.2. The number of fused-ring (bicyclic) bond motifs is 2. The number of ether oxygens (including phenoxy) is 3. The third-order valence-corrected chi connectivity index (χ3v) is 6.07. The van der Waals surface area contributed by atoms with Crippen molar-refractivity contribution in [3.63, 3.8) is 0 Å². The molecule has 2 aliphatic heterocycles. The zero-order valence-corrected chi connectivity index (χ0v) is 17.1. The number of hydrogen-bond donors (Lipinski definition) is 0. The van der Waals surface area contributed by atoms with Crippen LogP contribution in [-0.2, 0) is 6.54 Å². The van der Waals surface area contributed by atoms with Gasteiger partial charge in [-0.25, -0.2) is 4.98 Å². The van der Waals surface area contributed by atoms with E-state index in [0.29, 0.717) is 24.4 Å². The first-order valence-corrected chi connectivity index (χ1v) is 10.4. The second-order valence-electron chi connectivity index (χ2n) is 7.53. The first kappa shape index (κ1) is 18.5. The summed E-state index contributed by atoms with van der Waals surface area (Å²) in [4.78, 5) is 7.08. The fourth-order valence-corrected chi connectivity index (χ4v) is 4.49.